The molecule has 0 aliphatic heterocycles. The second-order valence-corrected chi connectivity index (χ2v) is 6.60. The van der Waals surface area contributed by atoms with Gasteiger partial charge in [-0.3, -0.25) is 14.2 Å². The molecule has 0 saturated heterocycles. The molecular weight excluding hydrogens is 416 g/mol. The van der Waals surface area contributed by atoms with Gasteiger partial charge >= 0.3 is 0 Å². The Labute approximate surface area is 160 Å². The normalized spacial score (nSPS) is 11.0. The van der Waals surface area contributed by atoms with Crippen molar-refractivity contribution in [3.8, 4) is 5.69 Å². The van der Waals surface area contributed by atoms with Crippen molar-refractivity contribution in [1.82, 2.24) is 29.9 Å². The van der Waals surface area contributed by atoms with Crippen molar-refractivity contribution in [3.05, 3.63) is 69.6 Å². The van der Waals surface area contributed by atoms with Gasteiger partial charge in [0, 0.05) is 4.47 Å². The van der Waals surface area contributed by atoms with Gasteiger partial charge in [0.05, 0.1) is 18.5 Å². The molecule has 10 heteroatoms. The molecule has 4 rings (SSSR count). The molecule has 1 aromatic carbocycles. The number of nitrogens with one attached hydrogen (secondary N) is 1. The lowest BCUT2D eigenvalue weighted by molar-refractivity contribution is -0.122. The quantitative estimate of drug-likeness (QED) is 0.517. The van der Waals surface area contributed by atoms with Crippen molar-refractivity contribution in [2.45, 2.75) is 13.1 Å². The molecule has 136 valence electrons. The van der Waals surface area contributed by atoms with E-state index in [4.69, 9.17) is 4.42 Å². The number of halogens is 1. The fourth-order valence-corrected chi connectivity index (χ4v) is 2.79. The van der Waals surface area contributed by atoms with Gasteiger partial charge in [0.1, 0.15) is 18.6 Å². The average Bonchev–Trinajstić information content (AvgIpc) is 3.33. The molecule has 3 aromatic heterocycles. The second-order valence-electron chi connectivity index (χ2n) is 5.68. The van der Waals surface area contributed by atoms with Crippen molar-refractivity contribution >= 4 is 33.0 Å². The number of carbonyl (C=O) groups excluding carboxylic acids is 1. The highest BCUT2D eigenvalue weighted by Gasteiger charge is 2.14. The van der Waals surface area contributed by atoms with Crippen molar-refractivity contribution in [3.63, 3.8) is 0 Å². The predicted molar refractivity (Wildman–Crippen MR) is 99.2 cm³/mol. The number of carbonyl (C=O) groups is 1. The van der Waals surface area contributed by atoms with E-state index in [0.717, 1.165) is 10.2 Å². The molecule has 0 unspecified atom stereocenters. The number of furan rings is 1. The second kappa shape index (κ2) is 7.16. The van der Waals surface area contributed by atoms with Crippen molar-refractivity contribution in [2.75, 3.05) is 0 Å². The Bertz CT molecular complexity index is 1150. The van der Waals surface area contributed by atoms with E-state index in [9.17, 15) is 9.59 Å². The van der Waals surface area contributed by atoms with Gasteiger partial charge < -0.3 is 9.73 Å². The number of hydrogen-bond donors (Lipinski definition) is 1. The molecule has 0 atom stereocenters. The summed E-state index contributed by atoms with van der Waals surface area (Å²) in [6.07, 6.45) is 2.84. The van der Waals surface area contributed by atoms with E-state index < -0.39 is 5.56 Å². The monoisotopic (exact) mass is 428 g/mol. The van der Waals surface area contributed by atoms with Crippen LogP contribution in [0.3, 0.4) is 0 Å². The fraction of sp³-hybridized carbons (Fsp3) is 0.118. The first-order chi connectivity index (χ1) is 13.1. The average molecular weight is 429 g/mol. The summed E-state index contributed by atoms with van der Waals surface area (Å²) in [5.41, 5.74) is 0.715. The van der Waals surface area contributed by atoms with E-state index in [1.807, 2.05) is 24.3 Å². The van der Waals surface area contributed by atoms with E-state index in [2.05, 4.69) is 36.5 Å². The van der Waals surface area contributed by atoms with Gasteiger partial charge in [0.2, 0.25) is 5.91 Å². The van der Waals surface area contributed by atoms with Crippen molar-refractivity contribution in [2.24, 2.45) is 0 Å². The molecule has 4 aromatic rings. The summed E-state index contributed by atoms with van der Waals surface area (Å²) >= 11 is 3.37. The zero-order valence-electron chi connectivity index (χ0n) is 13.9. The number of amides is 1. The van der Waals surface area contributed by atoms with E-state index in [-0.39, 0.29) is 24.5 Å². The topological polar surface area (TPSA) is 108 Å². The molecule has 9 nitrogen and oxygen atoms in total. The molecule has 0 aliphatic carbocycles. The summed E-state index contributed by atoms with van der Waals surface area (Å²) < 4.78 is 8.74. The molecular formula is C17H13BrN6O3. The Morgan fingerprint density at radius 1 is 1.22 bits per heavy atom. The zero-order chi connectivity index (χ0) is 18.8. The zero-order valence-corrected chi connectivity index (χ0v) is 15.5. The van der Waals surface area contributed by atoms with E-state index in [0.29, 0.717) is 11.4 Å². The molecule has 0 aliphatic rings. The minimum atomic E-state index is -0.434. The van der Waals surface area contributed by atoms with E-state index >= 15 is 0 Å². The lowest BCUT2D eigenvalue weighted by Crippen LogP contribution is -2.32. The Balaban J connectivity index is 1.56. The smallest absolute Gasteiger partial charge is 0.284 e. The maximum absolute atomic E-state index is 12.6. The summed E-state index contributed by atoms with van der Waals surface area (Å²) in [5, 5.41) is 10.6. The largest absolute Gasteiger partial charge is 0.467 e. The van der Waals surface area contributed by atoms with E-state index in [1.165, 1.54) is 21.8 Å². The van der Waals surface area contributed by atoms with Crippen LogP contribution in [-0.4, -0.2) is 30.5 Å². The van der Waals surface area contributed by atoms with Crippen LogP contribution in [0.4, 0.5) is 0 Å². The maximum Gasteiger partial charge on any atom is 0.284 e. The van der Waals surface area contributed by atoms with Crippen LogP contribution in [0.25, 0.3) is 16.9 Å². The van der Waals surface area contributed by atoms with Gasteiger partial charge in [-0.1, -0.05) is 21.1 Å². The number of rotatable bonds is 5. The summed E-state index contributed by atoms with van der Waals surface area (Å²) in [5.74, 6) is 0.289. The SMILES string of the molecule is O=C(Cn1cnc2c(nnn2-c2ccc(Br)cc2)c1=O)NCc1ccco1. The Hall–Kier alpha value is -3.27. The van der Waals surface area contributed by atoms with Gasteiger partial charge in [-0.15, -0.1) is 5.10 Å². The number of nitrogens with zero attached hydrogens (tertiary/aromatic N) is 5. The van der Waals surface area contributed by atoms with Crippen molar-refractivity contribution in [1.29, 1.82) is 0 Å². The molecule has 0 fully saturated rings. The number of benzene rings is 1. The lowest BCUT2D eigenvalue weighted by Gasteiger charge is -2.06. The molecule has 1 amide bonds. The van der Waals surface area contributed by atoms with Crippen LogP contribution in [0.15, 0.2) is 62.7 Å². The summed E-state index contributed by atoms with van der Waals surface area (Å²) in [6, 6.07) is 10.8. The van der Waals surface area contributed by atoms with Gasteiger partial charge in [-0.05, 0) is 36.4 Å². The summed E-state index contributed by atoms with van der Waals surface area (Å²) in [4.78, 5) is 28.9. The van der Waals surface area contributed by atoms with Crippen LogP contribution in [0.5, 0.6) is 0 Å². The van der Waals surface area contributed by atoms with Crippen LogP contribution >= 0.6 is 15.9 Å². The highest BCUT2D eigenvalue weighted by Crippen LogP contribution is 2.15. The molecule has 1 N–H and O–H groups in total. The first-order valence-corrected chi connectivity index (χ1v) is 8.77. The Morgan fingerprint density at radius 3 is 2.78 bits per heavy atom. The third-order valence-electron chi connectivity index (χ3n) is 3.85. The highest BCUT2D eigenvalue weighted by molar-refractivity contribution is 9.10. The predicted octanol–water partition coefficient (Wildman–Crippen LogP) is 1.65. The van der Waals surface area contributed by atoms with Crippen molar-refractivity contribution < 1.29 is 9.21 Å². The molecule has 0 bridgehead atoms. The Morgan fingerprint density at radius 2 is 2.04 bits per heavy atom. The highest BCUT2D eigenvalue weighted by atomic mass is 79.9. The van der Waals surface area contributed by atoms with Gasteiger partial charge in [-0.25, -0.2) is 4.98 Å². The van der Waals surface area contributed by atoms with Crippen LogP contribution in [0.1, 0.15) is 5.76 Å². The third kappa shape index (κ3) is 3.51. The molecule has 0 saturated carbocycles. The van der Waals surface area contributed by atoms with Gasteiger partial charge in [-0.2, -0.15) is 4.68 Å². The third-order valence-corrected chi connectivity index (χ3v) is 4.38. The fourth-order valence-electron chi connectivity index (χ4n) is 2.52. The number of hydrogen-bond acceptors (Lipinski definition) is 6. The Kier molecular flexibility index (Phi) is 4.55. The minimum Gasteiger partial charge on any atom is -0.467 e. The van der Waals surface area contributed by atoms with Gasteiger partial charge in [0.15, 0.2) is 11.2 Å². The number of aromatic nitrogens is 5. The van der Waals surface area contributed by atoms with Crippen LogP contribution in [-0.2, 0) is 17.9 Å². The lowest BCUT2D eigenvalue weighted by atomic mass is 10.3. The van der Waals surface area contributed by atoms with Crippen LogP contribution in [0, 0.1) is 0 Å². The maximum atomic E-state index is 12.6. The van der Waals surface area contributed by atoms with Crippen LogP contribution in [0.2, 0.25) is 0 Å². The molecule has 0 radical (unpaired) electrons. The molecule has 0 spiro atoms. The number of fused-ring (bicyclic) bond motifs is 1. The molecule has 3 heterocycles. The summed E-state index contributed by atoms with van der Waals surface area (Å²) in [6.45, 7) is 0.0730. The summed E-state index contributed by atoms with van der Waals surface area (Å²) in [7, 11) is 0. The first-order valence-electron chi connectivity index (χ1n) is 7.98. The standard InChI is InChI=1S/C17H13BrN6O3/c18-11-3-5-12(6-4-11)24-16-15(21-22-24)17(26)23(10-20-16)9-14(25)19-8-13-2-1-7-27-13/h1-7,10H,8-9H2,(H,19,25). The first kappa shape index (κ1) is 17.2. The van der Waals surface area contributed by atoms with Crippen LogP contribution < -0.4 is 10.9 Å². The molecule has 27 heavy (non-hydrogen) atoms. The van der Waals surface area contributed by atoms with Gasteiger partial charge in [0.25, 0.3) is 5.56 Å². The minimum absolute atomic E-state index is 0.0965. The van der Waals surface area contributed by atoms with E-state index in [1.54, 1.807) is 12.1 Å².